The van der Waals surface area contributed by atoms with E-state index in [1.54, 1.807) is 0 Å². The number of nitrogens with one attached hydrogen (secondary N) is 1. The quantitative estimate of drug-likeness (QED) is 0.540. The second kappa shape index (κ2) is 7.13. The van der Waals surface area contributed by atoms with E-state index in [0.717, 1.165) is 25.3 Å². The van der Waals surface area contributed by atoms with Gasteiger partial charge in [-0.2, -0.15) is 0 Å². The molecular weight excluding hydrogens is 222 g/mol. The lowest BCUT2D eigenvalue weighted by Crippen LogP contribution is -2.33. The summed E-state index contributed by atoms with van der Waals surface area (Å²) in [4.78, 5) is 2.46. The van der Waals surface area contributed by atoms with E-state index in [0.29, 0.717) is 5.84 Å². The minimum Gasteiger partial charge on any atom is -0.387 e. The number of hydrogen-bond donors (Lipinski definition) is 2. The molecule has 0 aromatic rings. The maximum atomic E-state index is 7.55. The number of nitrogens with zero attached hydrogens (tertiary/aromatic N) is 1. The van der Waals surface area contributed by atoms with Crippen molar-refractivity contribution >= 4 is 5.84 Å². The Labute approximate surface area is 113 Å². The van der Waals surface area contributed by atoms with Crippen molar-refractivity contribution < 1.29 is 0 Å². The van der Waals surface area contributed by atoms with Gasteiger partial charge in [0.2, 0.25) is 0 Å². The number of nitrogens with two attached hydrogens (primary N) is 1. The molecule has 0 saturated heterocycles. The Kier molecular flexibility index (Phi) is 6.13. The van der Waals surface area contributed by atoms with E-state index in [-0.39, 0.29) is 5.41 Å². The fraction of sp³-hybridized carbons (Fsp3) is 0.933. The summed E-state index contributed by atoms with van der Waals surface area (Å²) in [6, 6.07) is 0. The van der Waals surface area contributed by atoms with Crippen LogP contribution in [0.4, 0.5) is 0 Å². The Balaban J connectivity index is 2.16. The lowest BCUT2D eigenvalue weighted by atomic mass is 9.86. The molecule has 3 heteroatoms. The fourth-order valence-electron chi connectivity index (χ4n) is 2.83. The Bertz CT molecular complexity index is 254. The van der Waals surface area contributed by atoms with E-state index >= 15 is 0 Å². The summed E-state index contributed by atoms with van der Waals surface area (Å²) in [5, 5.41) is 7.55. The summed E-state index contributed by atoms with van der Waals surface area (Å²) in [5.74, 6) is 1.24. The summed E-state index contributed by atoms with van der Waals surface area (Å²) in [5.41, 5.74) is 5.47. The average Bonchev–Trinajstić information content (AvgIpc) is 2.29. The van der Waals surface area contributed by atoms with Gasteiger partial charge < -0.3 is 10.6 Å². The van der Waals surface area contributed by atoms with E-state index in [2.05, 4.69) is 25.8 Å². The highest BCUT2D eigenvalue weighted by Crippen LogP contribution is 2.25. The minimum absolute atomic E-state index is 0.133. The molecular formula is C15H31N3. The van der Waals surface area contributed by atoms with Crippen LogP contribution in [0, 0.1) is 16.7 Å². The predicted octanol–water partition coefficient (Wildman–Crippen LogP) is 3.24. The number of hydrogen-bond acceptors (Lipinski definition) is 2. The highest BCUT2D eigenvalue weighted by Gasteiger charge is 2.21. The maximum Gasteiger partial charge on any atom is 0.0963 e. The van der Waals surface area contributed by atoms with E-state index in [1.807, 2.05) is 0 Å². The van der Waals surface area contributed by atoms with Crippen LogP contribution in [-0.2, 0) is 0 Å². The monoisotopic (exact) mass is 253 g/mol. The summed E-state index contributed by atoms with van der Waals surface area (Å²) in [6.07, 6.45) is 9.28. The van der Waals surface area contributed by atoms with Gasteiger partial charge in [0.1, 0.15) is 0 Å². The molecule has 0 unspecified atom stereocenters. The minimum atomic E-state index is -0.133. The van der Waals surface area contributed by atoms with Crippen LogP contribution in [0.5, 0.6) is 0 Å². The average molecular weight is 253 g/mol. The van der Waals surface area contributed by atoms with Gasteiger partial charge in [-0.05, 0) is 45.2 Å². The molecule has 3 N–H and O–H groups in total. The molecule has 0 radical (unpaired) electrons. The highest BCUT2D eigenvalue weighted by molar-refractivity contribution is 5.82. The highest BCUT2D eigenvalue weighted by atomic mass is 15.1. The van der Waals surface area contributed by atoms with Gasteiger partial charge in [-0.1, -0.05) is 33.1 Å². The largest absolute Gasteiger partial charge is 0.387 e. The lowest BCUT2D eigenvalue weighted by Gasteiger charge is -2.28. The number of amidine groups is 1. The molecule has 0 heterocycles. The van der Waals surface area contributed by atoms with Crippen molar-refractivity contribution in [3.8, 4) is 0 Å². The maximum absolute atomic E-state index is 7.55. The Morgan fingerprint density at radius 3 is 2.44 bits per heavy atom. The van der Waals surface area contributed by atoms with E-state index in [4.69, 9.17) is 11.1 Å². The molecule has 0 amide bonds. The van der Waals surface area contributed by atoms with Crippen molar-refractivity contribution in [1.29, 1.82) is 5.41 Å². The lowest BCUT2D eigenvalue weighted by molar-refractivity contribution is 0.225. The molecule has 3 nitrogen and oxygen atoms in total. The Morgan fingerprint density at radius 1 is 1.28 bits per heavy atom. The van der Waals surface area contributed by atoms with Crippen molar-refractivity contribution in [3.05, 3.63) is 0 Å². The Hall–Kier alpha value is -0.570. The summed E-state index contributed by atoms with van der Waals surface area (Å²) >= 11 is 0. The van der Waals surface area contributed by atoms with Crippen molar-refractivity contribution in [2.24, 2.45) is 17.1 Å². The standard InChI is InChI=1S/C15H31N3/c1-15(2,14(16)17)10-7-11-18(3)12-13-8-5-4-6-9-13/h13H,4-12H2,1-3H3,(H3,16,17). The van der Waals surface area contributed by atoms with Crippen LogP contribution in [0.1, 0.15) is 58.8 Å². The third-order valence-corrected chi connectivity index (χ3v) is 4.37. The third-order valence-electron chi connectivity index (χ3n) is 4.37. The predicted molar refractivity (Wildman–Crippen MR) is 79.0 cm³/mol. The molecule has 0 aliphatic heterocycles. The van der Waals surface area contributed by atoms with Gasteiger partial charge in [0.15, 0.2) is 0 Å². The van der Waals surface area contributed by atoms with Crippen LogP contribution in [0.15, 0.2) is 0 Å². The van der Waals surface area contributed by atoms with Gasteiger partial charge in [0.05, 0.1) is 5.84 Å². The van der Waals surface area contributed by atoms with Crippen molar-refractivity contribution in [1.82, 2.24) is 4.90 Å². The molecule has 1 aliphatic rings. The SMILES string of the molecule is CN(CCCC(C)(C)C(=N)N)CC1CCCCC1. The Morgan fingerprint density at radius 2 is 1.89 bits per heavy atom. The molecule has 0 atom stereocenters. The normalized spacial score (nSPS) is 18.2. The van der Waals surface area contributed by atoms with Crippen LogP contribution < -0.4 is 5.73 Å². The second-order valence-corrected chi connectivity index (χ2v) is 6.67. The molecule has 18 heavy (non-hydrogen) atoms. The summed E-state index contributed by atoms with van der Waals surface area (Å²) in [7, 11) is 2.23. The summed E-state index contributed by atoms with van der Waals surface area (Å²) < 4.78 is 0. The van der Waals surface area contributed by atoms with E-state index < -0.39 is 0 Å². The zero-order valence-corrected chi connectivity index (χ0v) is 12.5. The molecule has 106 valence electrons. The first-order chi connectivity index (χ1) is 8.42. The van der Waals surface area contributed by atoms with Crippen LogP contribution in [-0.4, -0.2) is 30.9 Å². The molecule has 0 aromatic heterocycles. The van der Waals surface area contributed by atoms with Crippen LogP contribution >= 0.6 is 0 Å². The van der Waals surface area contributed by atoms with Gasteiger partial charge in [-0.15, -0.1) is 0 Å². The van der Waals surface area contributed by atoms with Crippen molar-refractivity contribution in [3.63, 3.8) is 0 Å². The molecule has 0 spiro atoms. The number of rotatable bonds is 7. The molecule has 1 aliphatic carbocycles. The zero-order chi connectivity index (χ0) is 13.6. The van der Waals surface area contributed by atoms with Crippen LogP contribution in [0.2, 0.25) is 0 Å². The zero-order valence-electron chi connectivity index (χ0n) is 12.5. The molecule has 1 fully saturated rings. The van der Waals surface area contributed by atoms with Crippen molar-refractivity contribution in [2.75, 3.05) is 20.1 Å². The van der Waals surface area contributed by atoms with Gasteiger partial charge in [0, 0.05) is 12.0 Å². The second-order valence-electron chi connectivity index (χ2n) is 6.67. The topological polar surface area (TPSA) is 53.1 Å². The summed E-state index contributed by atoms with van der Waals surface area (Å²) in [6.45, 7) is 6.51. The first-order valence-corrected chi connectivity index (χ1v) is 7.45. The van der Waals surface area contributed by atoms with Gasteiger partial charge >= 0.3 is 0 Å². The van der Waals surface area contributed by atoms with Crippen LogP contribution in [0.25, 0.3) is 0 Å². The molecule has 1 saturated carbocycles. The first-order valence-electron chi connectivity index (χ1n) is 7.45. The van der Waals surface area contributed by atoms with E-state index in [9.17, 15) is 0 Å². The van der Waals surface area contributed by atoms with Crippen LogP contribution in [0.3, 0.4) is 0 Å². The van der Waals surface area contributed by atoms with Gasteiger partial charge in [-0.25, -0.2) is 0 Å². The molecule has 0 aromatic carbocycles. The molecule has 1 rings (SSSR count). The third kappa shape index (κ3) is 5.38. The molecule has 0 bridgehead atoms. The fourth-order valence-corrected chi connectivity index (χ4v) is 2.83. The van der Waals surface area contributed by atoms with E-state index in [1.165, 1.54) is 38.6 Å². The smallest absolute Gasteiger partial charge is 0.0963 e. The van der Waals surface area contributed by atoms with Gasteiger partial charge in [0.25, 0.3) is 0 Å². The van der Waals surface area contributed by atoms with Gasteiger partial charge in [-0.3, -0.25) is 5.41 Å². The van der Waals surface area contributed by atoms with Crippen molar-refractivity contribution in [2.45, 2.75) is 58.8 Å². The first kappa shape index (κ1) is 15.5.